The van der Waals surface area contributed by atoms with E-state index in [2.05, 4.69) is 53.2 Å². The number of phenolic OH excluding ortho intramolecular Hbond substituents is 1. The number of nitrogens with zero attached hydrogens (tertiary/aromatic N) is 2. The van der Waals surface area contributed by atoms with Gasteiger partial charge in [0, 0.05) is 51.0 Å². The van der Waals surface area contributed by atoms with Crippen LogP contribution >= 0.6 is 0 Å². The van der Waals surface area contributed by atoms with Gasteiger partial charge >= 0.3 is 0 Å². The van der Waals surface area contributed by atoms with Gasteiger partial charge in [0.2, 0.25) is 0 Å². The van der Waals surface area contributed by atoms with Crippen molar-refractivity contribution in [2.75, 3.05) is 44.2 Å². The van der Waals surface area contributed by atoms with E-state index in [1.165, 1.54) is 16.8 Å². The van der Waals surface area contributed by atoms with E-state index in [0.29, 0.717) is 11.8 Å². The molecule has 146 valence electrons. The van der Waals surface area contributed by atoms with E-state index in [0.717, 1.165) is 52.1 Å². The Kier molecular flexibility index (Phi) is 7.13. The number of rotatable bonds is 8. The maximum absolute atomic E-state index is 9.56. The maximum atomic E-state index is 9.56. The SMILES string of the molecule is CCN(CC)c1ccc(CC(Cc2ccc(O)cc2)N2CCNCC2)cc1. The summed E-state index contributed by atoms with van der Waals surface area (Å²) in [6.45, 7) is 10.8. The molecule has 4 heteroatoms. The normalized spacial score (nSPS) is 16.2. The fraction of sp³-hybridized carbons (Fsp3) is 0.478. The lowest BCUT2D eigenvalue weighted by Gasteiger charge is -2.35. The van der Waals surface area contributed by atoms with Crippen molar-refractivity contribution in [1.82, 2.24) is 10.2 Å². The molecule has 0 aliphatic carbocycles. The van der Waals surface area contributed by atoms with Crippen LogP contribution in [-0.4, -0.2) is 55.3 Å². The van der Waals surface area contributed by atoms with Crippen LogP contribution in [0.4, 0.5) is 5.69 Å². The first-order valence-corrected chi connectivity index (χ1v) is 10.3. The highest BCUT2D eigenvalue weighted by Crippen LogP contribution is 2.20. The molecule has 0 bridgehead atoms. The number of piperazine rings is 1. The predicted molar refractivity (Wildman–Crippen MR) is 114 cm³/mol. The minimum atomic E-state index is 0.337. The Morgan fingerprint density at radius 3 is 1.93 bits per heavy atom. The van der Waals surface area contributed by atoms with Gasteiger partial charge in [0.05, 0.1) is 0 Å². The van der Waals surface area contributed by atoms with Gasteiger partial charge in [-0.15, -0.1) is 0 Å². The van der Waals surface area contributed by atoms with Crippen molar-refractivity contribution in [3.05, 3.63) is 59.7 Å². The van der Waals surface area contributed by atoms with Gasteiger partial charge in [-0.1, -0.05) is 24.3 Å². The molecule has 1 unspecified atom stereocenters. The van der Waals surface area contributed by atoms with Gasteiger partial charge in [0.25, 0.3) is 0 Å². The Hall–Kier alpha value is -2.04. The quantitative estimate of drug-likeness (QED) is 0.751. The highest BCUT2D eigenvalue weighted by atomic mass is 16.3. The summed E-state index contributed by atoms with van der Waals surface area (Å²) < 4.78 is 0. The summed E-state index contributed by atoms with van der Waals surface area (Å²) in [5.74, 6) is 0.337. The van der Waals surface area contributed by atoms with Gasteiger partial charge in [0.15, 0.2) is 0 Å². The third-order valence-electron chi connectivity index (χ3n) is 5.61. The fourth-order valence-electron chi connectivity index (χ4n) is 3.99. The lowest BCUT2D eigenvalue weighted by atomic mass is 9.96. The van der Waals surface area contributed by atoms with Crippen LogP contribution in [0.1, 0.15) is 25.0 Å². The first-order chi connectivity index (χ1) is 13.2. The third kappa shape index (κ3) is 5.47. The second-order valence-electron chi connectivity index (χ2n) is 7.35. The Bertz CT molecular complexity index is 674. The molecule has 1 fully saturated rings. The largest absolute Gasteiger partial charge is 0.508 e. The lowest BCUT2D eigenvalue weighted by Crippen LogP contribution is -2.49. The number of benzene rings is 2. The van der Waals surface area contributed by atoms with E-state index in [1.54, 1.807) is 12.1 Å². The molecule has 4 nitrogen and oxygen atoms in total. The maximum Gasteiger partial charge on any atom is 0.115 e. The van der Waals surface area contributed by atoms with Crippen LogP contribution in [0.5, 0.6) is 5.75 Å². The molecule has 0 aromatic heterocycles. The van der Waals surface area contributed by atoms with Gasteiger partial charge < -0.3 is 15.3 Å². The number of hydrogen-bond acceptors (Lipinski definition) is 4. The molecule has 1 atom stereocenters. The van der Waals surface area contributed by atoms with Crippen molar-refractivity contribution in [2.45, 2.75) is 32.7 Å². The number of anilines is 1. The summed E-state index contributed by atoms with van der Waals surface area (Å²) in [6, 6.07) is 17.3. The van der Waals surface area contributed by atoms with Crippen LogP contribution in [0.25, 0.3) is 0 Å². The zero-order valence-electron chi connectivity index (χ0n) is 16.7. The molecule has 2 aromatic carbocycles. The van der Waals surface area contributed by atoms with E-state index in [-0.39, 0.29) is 0 Å². The van der Waals surface area contributed by atoms with Crippen molar-refractivity contribution >= 4 is 5.69 Å². The zero-order valence-corrected chi connectivity index (χ0v) is 16.7. The molecule has 3 rings (SSSR count). The summed E-state index contributed by atoms with van der Waals surface area (Å²) in [5.41, 5.74) is 3.99. The standard InChI is InChI=1S/C23H33N3O/c1-3-25(4-2)21-9-5-19(6-10-21)17-22(26-15-13-24-14-16-26)18-20-7-11-23(27)12-8-20/h5-12,22,24,27H,3-4,13-18H2,1-2H3. The minimum absolute atomic E-state index is 0.337. The smallest absolute Gasteiger partial charge is 0.115 e. The molecular weight excluding hydrogens is 334 g/mol. The molecule has 1 aliphatic rings. The number of aromatic hydroxyl groups is 1. The predicted octanol–water partition coefficient (Wildman–Crippen LogP) is 3.30. The van der Waals surface area contributed by atoms with E-state index < -0.39 is 0 Å². The number of hydrogen-bond donors (Lipinski definition) is 2. The van der Waals surface area contributed by atoms with Crippen LogP contribution < -0.4 is 10.2 Å². The molecule has 1 heterocycles. The first kappa shape index (κ1) is 19.7. The Morgan fingerprint density at radius 2 is 1.41 bits per heavy atom. The second-order valence-corrected chi connectivity index (χ2v) is 7.35. The molecule has 2 N–H and O–H groups in total. The Morgan fingerprint density at radius 1 is 0.889 bits per heavy atom. The monoisotopic (exact) mass is 367 g/mol. The van der Waals surface area contributed by atoms with Crippen LogP contribution in [0.15, 0.2) is 48.5 Å². The molecular formula is C23H33N3O. The topological polar surface area (TPSA) is 38.7 Å². The van der Waals surface area contributed by atoms with Gasteiger partial charge in [0.1, 0.15) is 5.75 Å². The van der Waals surface area contributed by atoms with Crippen molar-refractivity contribution < 1.29 is 5.11 Å². The molecule has 27 heavy (non-hydrogen) atoms. The summed E-state index contributed by atoms with van der Waals surface area (Å²) in [6.07, 6.45) is 2.07. The van der Waals surface area contributed by atoms with Crippen LogP contribution in [0.3, 0.4) is 0 Å². The van der Waals surface area contributed by atoms with Crippen LogP contribution in [0.2, 0.25) is 0 Å². The van der Waals surface area contributed by atoms with E-state index >= 15 is 0 Å². The minimum Gasteiger partial charge on any atom is -0.508 e. The van der Waals surface area contributed by atoms with Crippen molar-refractivity contribution in [2.24, 2.45) is 0 Å². The van der Waals surface area contributed by atoms with Gasteiger partial charge in [-0.2, -0.15) is 0 Å². The zero-order chi connectivity index (χ0) is 19.1. The number of nitrogens with one attached hydrogen (secondary N) is 1. The van der Waals surface area contributed by atoms with Crippen molar-refractivity contribution in [3.63, 3.8) is 0 Å². The van der Waals surface area contributed by atoms with Gasteiger partial charge in [-0.05, 0) is 62.1 Å². The molecule has 0 spiro atoms. The molecule has 1 aliphatic heterocycles. The second kappa shape index (κ2) is 9.77. The summed E-state index contributed by atoms with van der Waals surface area (Å²) in [4.78, 5) is 5.00. The van der Waals surface area contributed by atoms with Crippen molar-refractivity contribution in [3.8, 4) is 5.75 Å². The van der Waals surface area contributed by atoms with Crippen molar-refractivity contribution in [1.29, 1.82) is 0 Å². The fourth-order valence-corrected chi connectivity index (χ4v) is 3.99. The Balaban J connectivity index is 1.73. The average molecular weight is 368 g/mol. The lowest BCUT2D eigenvalue weighted by molar-refractivity contribution is 0.170. The highest BCUT2D eigenvalue weighted by Gasteiger charge is 2.21. The van der Waals surface area contributed by atoms with Crippen LogP contribution in [-0.2, 0) is 12.8 Å². The van der Waals surface area contributed by atoms with E-state index in [4.69, 9.17) is 0 Å². The van der Waals surface area contributed by atoms with Gasteiger partial charge in [-0.3, -0.25) is 4.90 Å². The van der Waals surface area contributed by atoms with Gasteiger partial charge in [-0.25, -0.2) is 0 Å². The molecule has 0 radical (unpaired) electrons. The molecule has 0 amide bonds. The number of phenols is 1. The summed E-state index contributed by atoms with van der Waals surface area (Å²) in [5, 5.41) is 13.0. The van der Waals surface area contributed by atoms with Crippen LogP contribution in [0, 0.1) is 0 Å². The highest BCUT2D eigenvalue weighted by molar-refractivity contribution is 5.47. The third-order valence-corrected chi connectivity index (χ3v) is 5.61. The van der Waals surface area contributed by atoms with E-state index in [9.17, 15) is 5.11 Å². The molecule has 0 saturated carbocycles. The summed E-state index contributed by atoms with van der Waals surface area (Å²) >= 11 is 0. The Labute approximate surface area is 163 Å². The average Bonchev–Trinajstić information content (AvgIpc) is 2.72. The first-order valence-electron chi connectivity index (χ1n) is 10.3. The molecule has 2 aromatic rings. The van der Waals surface area contributed by atoms with E-state index in [1.807, 2.05) is 12.1 Å². The summed E-state index contributed by atoms with van der Waals surface area (Å²) in [7, 11) is 0. The molecule has 1 saturated heterocycles.